The van der Waals surface area contributed by atoms with Gasteiger partial charge in [-0.05, 0) is 12.8 Å². The normalized spacial score (nSPS) is 10.5. The van der Waals surface area contributed by atoms with E-state index < -0.39 is 0 Å². The SMILES string of the molecule is CC.CCCCC(=O)NC.CCCCC(=O)NC.O=C1c2ccccc2C(=O)c2ccccc21. The standard InChI is InChI=1S/C14H8O2.2C6H13NO.C2H6/c15-13-9-5-1-2-6-10(9)14(16)12-8-4-3-7-11(12)13;2*1-3-4-5-6(8)7-2;1-2/h1-8H;2*3-5H2,1-2H3,(H,7,8);1-2H3. The Hall–Kier alpha value is -3.28. The molecule has 0 radical (unpaired) electrons. The fourth-order valence-electron chi connectivity index (χ4n) is 2.97. The van der Waals surface area contributed by atoms with Crippen LogP contribution in [0.1, 0.15) is 98.1 Å². The number of fused-ring (bicyclic) bond motifs is 2. The molecular weight excluding hydrogens is 428 g/mol. The third-order valence-corrected chi connectivity index (χ3v) is 4.91. The van der Waals surface area contributed by atoms with E-state index in [1.807, 2.05) is 13.8 Å². The van der Waals surface area contributed by atoms with Crippen LogP contribution in [-0.4, -0.2) is 37.5 Å². The van der Waals surface area contributed by atoms with E-state index in [-0.39, 0.29) is 23.4 Å². The predicted octanol–water partition coefficient (Wildman–Crippen LogP) is 5.33. The number of ketones is 2. The molecule has 0 spiro atoms. The van der Waals surface area contributed by atoms with Crippen LogP contribution in [0.2, 0.25) is 0 Å². The Morgan fingerprint density at radius 1 is 0.618 bits per heavy atom. The van der Waals surface area contributed by atoms with Gasteiger partial charge in [-0.25, -0.2) is 0 Å². The topological polar surface area (TPSA) is 92.3 Å². The summed E-state index contributed by atoms with van der Waals surface area (Å²) in [5.74, 6) is 0.162. The van der Waals surface area contributed by atoms with Crippen LogP contribution in [0.4, 0.5) is 0 Å². The van der Waals surface area contributed by atoms with Gasteiger partial charge in [-0.1, -0.05) is 89.1 Å². The Morgan fingerprint density at radius 2 is 0.882 bits per heavy atom. The maximum atomic E-state index is 12.1. The van der Waals surface area contributed by atoms with Crippen LogP contribution in [0.25, 0.3) is 0 Å². The molecule has 1 aliphatic carbocycles. The average Bonchev–Trinajstić information content (AvgIpc) is 2.90. The van der Waals surface area contributed by atoms with Crippen molar-refractivity contribution in [2.24, 2.45) is 0 Å². The third kappa shape index (κ3) is 10.1. The summed E-state index contributed by atoms with van der Waals surface area (Å²) in [4.78, 5) is 45.1. The zero-order chi connectivity index (χ0) is 25.9. The van der Waals surface area contributed by atoms with E-state index in [2.05, 4.69) is 24.5 Å². The second-order valence-electron chi connectivity index (χ2n) is 7.30. The van der Waals surface area contributed by atoms with Crippen molar-refractivity contribution in [3.05, 3.63) is 70.8 Å². The molecule has 0 saturated carbocycles. The van der Waals surface area contributed by atoms with Gasteiger partial charge in [0, 0.05) is 49.2 Å². The summed E-state index contributed by atoms with van der Waals surface area (Å²) in [7, 11) is 3.33. The highest BCUT2D eigenvalue weighted by atomic mass is 16.2. The van der Waals surface area contributed by atoms with E-state index in [0.29, 0.717) is 35.1 Å². The van der Waals surface area contributed by atoms with Crippen molar-refractivity contribution in [1.29, 1.82) is 0 Å². The molecule has 0 atom stereocenters. The van der Waals surface area contributed by atoms with Crippen LogP contribution in [-0.2, 0) is 9.59 Å². The minimum Gasteiger partial charge on any atom is -0.359 e. The van der Waals surface area contributed by atoms with Gasteiger partial charge in [-0.15, -0.1) is 0 Å². The summed E-state index contributed by atoms with van der Waals surface area (Å²) in [6.07, 6.45) is 5.53. The average molecular weight is 469 g/mol. The van der Waals surface area contributed by atoms with Gasteiger partial charge >= 0.3 is 0 Å². The maximum Gasteiger partial charge on any atom is 0.219 e. The molecule has 0 fully saturated rings. The number of carbonyl (C=O) groups excluding carboxylic acids is 4. The second-order valence-corrected chi connectivity index (χ2v) is 7.30. The van der Waals surface area contributed by atoms with Crippen LogP contribution in [0, 0.1) is 0 Å². The van der Waals surface area contributed by atoms with E-state index >= 15 is 0 Å². The Kier molecular flexibility index (Phi) is 16.4. The summed E-state index contributed by atoms with van der Waals surface area (Å²) < 4.78 is 0. The largest absolute Gasteiger partial charge is 0.359 e. The Labute approximate surface area is 204 Å². The molecule has 0 heterocycles. The molecule has 6 heteroatoms. The molecule has 0 saturated heterocycles. The molecule has 6 nitrogen and oxygen atoms in total. The first-order chi connectivity index (χ1) is 16.4. The zero-order valence-electron chi connectivity index (χ0n) is 21.5. The lowest BCUT2D eigenvalue weighted by atomic mass is 9.84. The van der Waals surface area contributed by atoms with Crippen LogP contribution >= 0.6 is 0 Å². The molecule has 186 valence electrons. The van der Waals surface area contributed by atoms with Gasteiger partial charge in [0.15, 0.2) is 11.6 Å². The highest BCUT2D eigenvalue weighted by Crippen LogP contribution is 2.26. The molecule has 34 heavy (non-hydrogen) atoms. The summed E-state index contributed by atoms with van der Waals surface area (Å²) >= 11 is 0. The molecule has 2 aromatic carbocycles. The van der Waals surface area contributed by atoms with Crippen molar-refractivity contribution < 1.29 is 19.2 Å². The maximum absolute atomic E-state index is 12.1. The summed E-state index contributed by atoms with van der Waals surface area (Å²) in [6.45, 7) is 8.14. The van der Waals surface area contributed by atoms with Crippen molar-refractivity contribution in [3.8, 4) is 0 Å². The molecule has 3 rings (SSSR count). The quantitative estimate of drug-likeness (QED) is 0.511. The fraction of sp³-hybridized carbons (Fsp3) is 0.429. The molecule has 2 amide bonds. The van der Waals surface area contributed by atoms with Crippen LogP contribution in [0.5, 0.6) is 0 Å². The lowest BCUT2D eigenvalue weighted by Gasteiger charge is -2.16. The summed E-state index contributed by atoms with van der Waals surface area (Å²) in [5.41, 5.74) is 2.02. The van der Waals surface area contributed by atoms with Gasteiger partial charge in [-0.2, -0.15) is 0 Å². The van der Waals surface area contributed by atoms with E-state index in [4.69, 9.17) is 0 Å². The van der Waals surface area contributed by atoms with Crippen LogP contribution in [0.3, 0.4) is 0 Å². The Bertz CT molecular complexity index is 797. The summed E-state index contributed by atoms with van der Waals surface area (Å²) in [6, 6.07) is 13.9. The van der Waals surface area contributed by atoms with Crippen LogP contribution < -0.4 is 10.6 Å². The molecule has 1 aliphatic rings. The molecule has 2 aromatic rings. The van der Waals surface area contributed by atoms with Crippen molar-refractivity contribution in [2.45, 2.75) is 66.2 Å². The van der Waals surface area contributed by atoms with Crippen molar-refractivity contribution in [3.63, 3.8) is 0 Å². The third-order valence-electron chi connectivity index (χ3n) is 4.91. The molecule has 0 aliphatic heterocycles. The fourth-order valence-corrected chi connectivity index (χ4v) is 2.97. The first-order valence-electron chi connectivity index (χ1n) is 12.1. The molecule has 2 N–H and O–H groups in total. The monoisotopic (exact) mass is 468 g/mol. The number of nitrogens with one attached hydrogen (secondary N) is 2. The van der Waals surface area contributed by atoms with Gasteiger partial charge in [-0.3, -0.25) is 19.2 Å². The van der Waals surface area contributed by atoms with Gasteiger partial charge in [0.2, 0.25) is 11.8 Å². The van der Waals surface area contributed by atoms with Gasteiger partial charge < -0.3 is 10.6 Å². The number of amides is 2. The lowest BCUT2D eigenvalue weighted by molar-refractivity contribution is -0.121. The second kappa shape index (κ2) is 18.2. The van der Waals surface area contributed by atoms with Gasteiger partial charge in [0.05, 0.1) is 0 Å². The number of carbonyl (C=O) groups is 4. The van der Waals surface area contributed by atoms with Gasteiger partial charge in [0.1, 0.15) is 0 Å². The Morgan fingerprint density at radius 3 is 1.09 bits per heavy atom. The first-order valence-corrected chi connectivity index (χ1v) is 12.1. The van der Waals surface area contributed by atoms with E-state index in [9.17, 15) is 19.2 Å². The first kappa shape index (κ1) is 30.7. The number of hydrogen-bond donors (Lipinski definition) is 2. The Balaban J connectivity index is 0.000000518. The highest BCUT2D eigenvalue weighted by molar-refractivity contribution is 6.28. The summed E-state index contributed by atoms with van der Waals surface area (Å²) in [5, 5.41) is 5.12. The highest BCUT2D eigenvalue weighted by Gasteiger charge is 2.28. The minimum atomic E-state index is -0.0641. The van der Waals surface area contributed by atoms with Crippen LogP contribution in [0.15, 0.2) is 48.5 Å². The van der Waals surface area contributed by atoms with Crippen molar-refractivity contribution in [2.75, 3.05) is 14.1 Å². The molecule has 0 bridgehead atoms. The number of benzene rings is 2. The number of rotatable bonds is 6. The van der Waals surface area contributed by atoms with E-state index in [0.717, 1.165) is 25.7 Å². The van der Waals surface area contributed by atoms with E-state index in [1.165, 1.54) is 0 Å². The molecule has 0 aromatic heterocycles. The van der Waals surface area contributed by atoms with Crippen molar-refractivity contribution >= 4 is 23.4 Å². The molecule has 0 unspecified atom stereocenters. The van der Waals surface area contributed by atoms with Gasteiger partial charge in [0.25, 0.3) is 0 Å². The number of hydrogen-bond acceptors (Lipinski definition) is 4. The zero-order valence-corrected chi connectivity index (χ0v) is 21.5. The smallest absolute Gasteiger partial charge is 0.219 e. The molecular formula is C28H40N2O4. The predicted molar refractivity (Wildman–Crippen MR) is 138 cm³/mol. The minimum absolute atomic E-state index is 0.0641. The number of unbranched alkanes of at least 4 members (excludes halogenated alkanes) is 2. The van der Waals surface area contributed by atoms with Crippen molar-refractivity contribution in [1.82, 2.24) is 10.6 Å². The van der Waals surface area contributed by atoms with E-state index in [1.54, 1.807) is 62.6 Å². The lowest BCUT2D eigenvalue weighted by Crippen LogP contribution is -2.20.